The molecule has 1 aromatic heterocycles. The third-order valence-electron chi connectivity index (χ3n) is 4.54. The molecule has 0 saturated heterocycles. The minimum atomic E-state index is -1.05. The van der Waals surface area contributed by atoms with E-state index < -0.39 is 12.1 Å². The van der Waals surface area contributed by atoms with Gasteiger partial charge in [0.2, 0.25) is 5.78 Å². The van der Waals surface area contributed by atoms with Crippen molar-refractivity contribution in [2.45, 2.75) is 6.10 Å². The summed E-state index contributed by atoms with van der Waals surface area (Å²) in [5, 5.41) is 0.787. The molecule has 0 aliphatic rings. The molecule has 1 atom stereocenters. The number of ketones is 1. The number of hydrogen-bond acceptors (Lipinski definition) is 4. The number of Topliss-reactive ketones (excluding diaryl/α,β-unsaturated/α-hetero) is 1. The van der Waals surface area contributed by atoms with Crippen LogP contribution in [0.3, 0.4) is 0 Å². The minimum Gasteiger partial charge on any atom is -0.482 e. The summed E-state index contributed by atoms with van der Waals surface area (Å²) in [7, 11) is 0. The SMILES string of the molecule is O=C(COc1ccccc1)O[C@@H](C(=O)c1c[nH]c2ccccc12)c1ccccc1. The second-order valence-corrected chi connectivity index (χ2v) is 6.49. The zero-order valence-electron chi connectivity index (χ0n) is 15.6. The lowest BCUT2D eigenvalue weighted by atomic mass is 9.99. The molecule has 0 unspecified atom stereocenters. The van der Waals surface area contributed by atoms with Crippen molar-refractivity contribution >= 4 is 22.7 Å². The van der Waals surface area contributed by atoms with Crippen molar-refractivity contribution in [3.8, 4) is 5.75 Å². The lowest BCUT2D eigenvalue weighted by Crippen LogP contribution is -2.23. The quantitative estimate of drug-likeness (QED) is 0.369. The average molecular weight is 385 g/mol. The second-order valence-electron chi connectivity index (χ2n) is 6.49. The summed E-state index contributed by atoms with van der Waals surface area (Å²) in [6.07, 6.45) is 0.597. The molecular formula is C24H19NO4. The van der Waals surface area contributed by atoms with Crippen LogP contribution in [0.4, 0.5) is 0 Å². The molecule has 0 aliphatic heterocycles. The molecule has 5 heteroatoms. The number of fused-ring (bicyclic) bond motifs is 1. The number of ether oxygens (including phenoxy) is 2. The third kappa shape index (κ3) is 4.19. The first-order valence-electron chi connectivity index (χ1n) is 9.25. The molecule has 0 aliphatic carbocycles. The molecule has 29 heavy (non-hydrogen) atoms. The maximum absolute atomic E-state index is 13.3. The van der Waals surface area contributed by atoms with Crippen LogP contribution in [0.15, 0.2) is 91.1 Å². The maximum atomic E-state index is 13.3. The van der Waals surface area contributed by atoms with Gasteiger partial charge >= 0.3 is 5.97 Å². The van der Waals surface area contributed by atoms with E-state index in [4.69, 9.17) is 9.47 Å². The monoisotopic (exact) mass is 385 g/mol. The molecule has 0 fully saturated rings. The first kappa shape index (κ1) is 18.5. The normalized spacial score (nSPS) is 11.7. The van der Waals surface area contributed by atoms with Gasteiger partial charge in [0, 0.05) is 28.2 Å². The summed E-state index contributed by atoms with van der Waals surface area (Å²) in [5.41, 5.74) is 1.93. The average Bonchev–Trinajstić information content (AvgIpc) is 3.21. The summed E-state index contributed by atoms with van der Waals surface area (Å²) in [6.45, 7) is -0.283. The van der Waals surface area contributed by atoms with E-state index in [9.17, 15) is 9.59 Å². The highest BCUT2D eigenvalue weighted by molar-refractivity contribution is 6.10. The summed E-state index contributed by atoms with van der Waals surface area (Å²) >= 11 is 0. The Morgan fingerprint density at radius 2 is 1.48 bits per heavy atom. The Morgan fingerprint density at radius 1 is 0.828 bits per heavy atom. The van der Waals surface area contributed by atoms with Gasteiger partial charge in [-0.1, -0.05) is 66.7 Å². The van der Waals surface area contributed by atoms with Gasteiger partial charge < -0.3 is 14.5 Å². The second kappa shape index (κ2) is 8.44. The van der Waals surface area contributed by atoms with Crippen LogP contribution in [0.5, 0.6) is 5.75 Å². The van der Waals surface area contributed by atoms with Crippen LogP contribution in [0.25, 0.3) is 10.9 Å². The molecule has 3 aromatic carbocycles. The molecule has 4 aromatic rings. The van der Waals surface area contributed by atoms with Crippen molar-refractivity contribution in [2.75, 3.05) is 6.61 Å². The van der Waals surface area contributed by atoms with E-state index in [1.54, 1.807) is 42.6 Å². The Hall–Kier alpha value is -3.86. The number of rotatable bonds is 7. The molecule has 5 nitrogen and oxygen atoms in total. The predicted octanol–water partition coefficient (Wildman–Crippen LogP) is 4.71. The van der Waals surface area contributed by atoms with Gasteiger partial charge in [0.15, 0.2) is 12.7 Å². The van der Waals surface area contributed by atoms with Crippen molar-refractivity contribution < 1.29 is 19.1 Å². The Kier molecular flexibility index (Phi) is 5.38. The Labute approximate surface area is 167 Å². The van der Waals surface area contributed by atoms with E-state index in [1.807, 2.05) is 48.5 Å². The van der Waals surface area contributed by atoms with Gasteiger partial charge in [-0.15, -0.1) is 0 Å². The fourth-order valence-electron chi connectivity index (χ4n) is 3.14. The van der Waals surface area contributed by atoms with Crippen molar-refractivity contribution in [1.29, 1.82) is 0 Å². The molecule has 0 spiro atoms. The summed E-state index contributed by atoms with van der Waals surface area (Å²) in [5.74, 6) is -0.346. The number of H-pyrrole nitrogens is 1. The number of esters is 1. The predicted molar refractivity (Wildman–Crippen MR) is 110 cm³/mol. The number of hydrogen-bond donors (Lipinski definition) is 1. The van der Waals surface area contributed by atoms with Gasteiger partial charge in [-0.2, -0.15) is 0 Å². The van der Waals surface area contributed by atoms with Crippen molar-refractivity contribution in [3.63, 3.8) is 0 Å². The molecule has 1 N–H and O–H groups in total. The fraction of sp³-hybridized carbons (Fsp3) is 0.0833. The highest BCUT2D eigenvalue weighted by atomic mass is 16.6. The van der Waals surface area contributed by atoms with Gasteiger partial charge in [0.1, 0.15) is 5.75 Å². The molecule has 0 radical (unpaired) electrons. The molecule has 4 rings (SSSR count). The molecule has 144 valence electrons. The first-order valence-corrected chi connectivity index (χ1v) is 9.25. The molecule has 0 amide bonds. The maximum Gasteiger partial charge on any atom is 0.345 e. The van der Waals surface area contributed by atoms with Gasteiger partial charge in [-0.3, -0.25) is 4.79 Å². The third-order valence-corrected chi connectivity index (χ3v) is 4.54. The first-order chi connectivity index (χ1) is 14.2. The van der Waals surface area contributed by atoms with Crippen LogP contribution < -0.4 is 4.74 Å². The van der Waals surface area contributed by atoms with Crippen molar-refractivity contribution in [1.82, 2.24) is 4.98 Å². The number of carbonyl (C=O) groups excluding carboxylic acids is 2. The number of para-hydroxylation sites is 2. The topological polar surface area (TPSA) is 68.4 Å². The van der Waals surface area contributed by atoms with Gasteiger partial charge in [-0.25, -0.2) is 4.79 Å². The standard InChI is InChI=1S/C24H19NO4/c26-22(16-28-18-11-5-2-6-12-18)29-24(17-9-3-1-4-10-17)23(27)20-15-25-21-14-8-7-13-19(20)21/h1-15,24-25H,16H2/t24-/m1/s1. The van der Waals surface area contributed by atoms with Gasteiger partial charge in [0.05, 0.1) is 0 Å². The van der Waals surface area contributed by atoms with Crippen LogP contribution in [0, 0.1) is 0 Å². The van der Waals surface area contributed by atoms with Crippen LogP contribution in [-0.4, -0.2) is 23.3 Å². The van der Waals surface area contributed by atoms with Crippen molar-refractivity contribution in [3.05, 3.63) is 102 Å². The largest absolute Gasteiger partial charge is 0.482 e. The molecule has 0 saturated carbocycles. The number of aromatic amines is 1. The van der Waals surface area contributed by atoms with E-state index in [0.717, 1.165) is 10.9 Å². The van der Waals surface area contributed by atoms with Gasteiger partial charge in [0.25, 0.3) is 0 Å². The lowest BCUT2D eigenvalue weighted by Gasteiger charge is -2.17. The number of aromatic nitrogens is 1. The number of benzene rings is 3. The number of nitrogens with one attached hydrogen (secondary N) is 1. The van der Waals surface area contributed by atoms with E-state index in [1.165, 1.54) is 0 Å². The van der Waals surface area contributed by atoms with E-state index in [-0.39, 0.29) is 12.4 Å². The van der Waals surface area contributed by atoms with Crippen LogP contribution in [0.2, 0.25) is 0 Å². The summed E-state index contributed by atoms with van der Waals surface area (Å²) in [4.78, 5) is 28.8. The zero-order valence-corrected chi connectivity index (χ0v) is 15.6. The van der Waals surface area contributed by atoms with E-state index >= 15 is 0 Å². The zero-order chi connectivity index (χ0) is 20.1. The highest BCUT2D eigenvalue weighted by Crippen LogP contribution is 2.27. The van der Waals surface area contributed by atoms with Crippen LogP contribution >= 0.6 is 0 Å². The Morgan fingerprint density at radius 3 is 2.24 bits per heavy atom. The van der Waals surface area contributed by atoms with Crippen molar-refractivity contribution in [2.24, 2.45) is 0 Å². The number of carbonyl (C=O) groups is 2. The highest BCUT2D eigenvalue weighted by Gasteiger charge is 2.28. The van der Waals surface area contributed by atoms with Crippen LogP contribution in [-0.2, 0) is 9.53 Å². The van der Waals surface area contributed by atoms with Crippen LogP contribution in [0.1, 0.15) is 22.0 Å². The summed E-state index contributed by atoms with van der Waals surface area (Å²) in [6, 6.07) is 25.5. The Bertz CT molecular complexity index is 1120. The molecular weight excluding hydrogens is 366 g/mol. The fourth-order valence-corrected chi connectivity index (χ4v) is 3.14. The lowest BCUT2D eigenvalue weighted by molar-refractivity contribution is -0.149. The molecule has 1 heterocycles. The molecule has 0 bridgehead atoms. The summed E-state index contributed by atoms with van der Waals surface area (Å²) < 4.78 is 11.0. The minimum absolute atomic E-state index is 0.283. The van der Waals surface area contributed by atoms with Gasteiger partial charge in [-0.05, 0) is 18.2 Å². The Balaban J connectivity index is 1.57. The smallest absolute Gasteiger partial charge is 0.345 e. The van der Waals surface area contributed by atoms with E-state index in [2.05, 4.69) is 4.98 Å². The van der Waals surface area contributed by atoms with E-state index in [0.29, 0.717) is 16.9 Å².